The molecule has 3 nitrogen and oxygen atoms in total. The molecule has 0 heterocycles. The molecule has 0 aliphatic rings. The van der Waals surface area contributed by atoms with Crippen molar-refractivity contribution >= 4 is 5.78 Å². The Labute approximate surface area is 101 Å². The molecule has 0 aliphatic heterocycles. The molecule has 2 aromatic carbocycles. The molecule has 0 fully saturated rings. The molecule has 0 atom stereocenters. The van der Waals surface area contributed by atoms with Gasteiger partial charge in [0.15, 0.2) is 28.9 Å². The second-order valence-electron chi connectivity index (χ2n) is 3.66. The molecule has 2 N–H and O–H groups in total. The standard InChI is InChI=1S/C13H8F2O3/c14-9-5-7(1-3-11(9)16)13(18)8-2-4-12(17)10(15)6-8/h1-6,16-17H. The minimum absolute atomic E-state index is 0.0182. The zero-order chi connectivity index (χ0) is 13.3. The van der Waals surface area contributed by atoms with Crippen LogP contribution in [0.15, 0.2) is 36.4 Å². The zero-order valence-electron chi connectivity index (χ0n) is 9.02. The molecule has 0 bridgehead atoms. The average molecular weight is 250 g/mol. The number of hydrogen-bond acceptors (Lipinski definition) is 3. The van der Waals surface area contributed by atoms with Gasteiger partial charge in [0.1, 0.15) is 0 Å². The van der Waals surface area contributed by atoms with Gasteiger partial charge in [-0.2, -0.15) is 0 Å². The number of hydrogen-bond donors (Lipinski definition) is 2. The minimum Gasteiger partial charge on any atom is -0.505 e. The van der Waals surface area contributed by atoms with E-state index in [0.29, 0.717) is 0 Å². The number of phenolic OH excluding ortho intramolecular Hbond substituents is 2. The average Bonchev–Trinajstić information content (AvgIpc) is 2.35. The number of carbonyl (C=O) groups excluding carboxylic acids is 1. The zero-order valence-corrected chi connectivity index (χ0v) is 9.02. The smallest absolute Gasteiger partial charge is 0.193 e. The molecule has 0 unspecified atom stereocenters. The van der Waals surface area contributed by atoms with Gasteiger partial charge in [-0.1, -0.05) is 0 Å². The first-order chi connectivity index (χ1) is 8.49. The van der Waals surface area contributed by atoms with Crippen LogP contribution in [0.2, 0.25) is 0 Å². The molecule has 0 saturated carbocycles. The lowest BCUT2D eigenvalue weighted by atomic mass is 10.0. The lowest BCUT2D eigenvalue weighted by Gasteiger charge is -2.03. The fourth-order valence-corrected chi connectivity index (χ4v) is 1.46. The summed E-state index contributed by atoms with van der Waals surface area (Å²) in [6, 6.07) is 6.26. The van der Waals surface area contributed by atoms with Crippen molar-refractivity contribution in [2.45, 2.75) is 0 Å². The molecule has 0 spiro atoms. The second-order valence-corrected chi connectivity index (χ2v) is 3.66. The van der Waals surface area contributed by atoms with Crippen LogP contribution in [-0.2, 0) is 0 Å². The summed E-state index contributed by atoms with van der Waals surface area (Å²) in [7, 11) is 0. The Morgan fingerprint density at radius 2 is 1.22 bits per heavy atom. The molecule has 0 saturated heterocycles. The lowest BCUT2D eigenvalue weighted by Crippen LogP contribution is -2.02. The summed E-state index contributed by atoms with van der Waals surface area (Å²) >= 11 is 0. The number of halogens is 2. The Morgan fingerprint density at radius 1 is 0.833 bits per heavy atom. The van der Waals surface area contributed by atoms with Crippen LogP contribution in [0.4, 0.5) is 8.78 Å². The maximum atomic E-state index is 13.1. The third kappa shape index (κ3) is 2.15. The van der Waals surface area contributed by atoms with Gasteiger partial charge in [0.2, 0.25) is 0 Å². The van der Waals surface area contributed by atoms with Crippen LogP contribution in [-0.4, -0.2) is 16.0 Å². The van der Waals surface area contributed by atoms with Gasteiger partial charge < -0.3 is 10.2 Å². The predicted octanol–water partition coefficient (Wildman–Crippen LogP) is 2.61. The van der Waals surface area contributed by atoms with Crippen molar-refractivity contribution in [1.29, 1.82) is 0 Å². The van der Waals surface area contributed by atoms with E-state index in [1.54, 1.807) is 0 Å². The van der Waals surface area contributed by atoms with E-state index in [9.17, 15) is 13.6 Å². The van der Waals surface area contributed by atoms with E-state index in [1.165, 1.54) is 12.1 Å². The number of ketones is 1. The van der Waals surface area contributed by atoms with Crippen molar-refractivity contribution in [3.05, 3.63) is 59.2 Å². The van der Waals surface area contributed by atoms with Crippen LogP contribution < -0.4 is 0 Å². The van der Waals surface area contributed by atoms with Crippen molar-refractivity contribution in [2.75, 3.05) is 0 Å². The number of aromatic hydroxyl groups is 2. The van der Waals surface area contributed by atoms with Crippen LogP contribution in [0, 0.1) is 11.6 Å². The summed E-state index contributed by atoms with van der Waals surface area (Å²) in [6.45, 7) is 0. The summed E-state index contributed by atoms with van der Waals surface area (Å²) in [5.74, 6) is -3.60. The first-order valence-corrected chi connectivity index (χ1v) is 5.01. The Balaban J connectivity index is 2.41. The molecule has 0 radical (unpaired) electrons. The SMILES string of the molecule is O=C(c1ccc(O)c(F)c1)c1ccc(O)c(F)c1. The Hall–Kier alpha value is -2.43. The quantitative estimate of drug-likeness (QED) is 0.805. The minimum atomic E-state index is -0.930. The third-order valence-electron chi connectivity index (χ3n) is 2.42. The molecule has 0 aromatic heterocycles. The molecular weight excluding hydrogens is 242 g/mol. The van der Waals surface area contributed by atoms with Crippen molar-refractivity contribution in [1.82, 2.24) is 0 Å². The van der Waals surface area contributed by atoms with Gasteiger partial charge >= 0.3 is 0 Å². The van der Waals surface area contributed by atoms with E-state index >= 15 is 0 Å². The van der Waals surface area contributed by atoms with Crippen LogP contribution >= 0.6 is 0 Å². The first kappa shape index (κ1) is 12.0. The second kappa shape index (κ2) is 4.44. The molecule has 0 amide bonds. The van der Waals surface area contributed by atoms with Crippen molar-refractivity contribution in [2.24, 2.45) is 0 Å². The fourth-order valence-electron chi connectivity index (χ4n) is 1.46. The molecule has 0 aliphatic carbocycles. The highest BCUT2D eigenvalue weighted by Gasteiger charge is 2.13. The van der Waals surface area contributed by atoms with E-state index in [2.05, 4.69) is 0 Å². The van der Waals surface area contributed by atoms with Crippen molar-refractivity contribution in [3.63, 3.8) is 0 Å². The lowest BCUT2D eigenvalue weighted by molar-refractivity contribution is 0.103. The largest absolute Gasteiger partial charge is 0.505 e. The van der Waals surface area contributed by atoms with Crippen LogP contribution in [0.5, 0.6) is 11.5 Å². The highest BCUT2D eigenvalue weighted by molar-refractivity contribution is 6.09. The summed E-state index contributed by atoms with van der Waals surface area (Å²) < 4.78 is 26.2. The number of carbonyl (C=O) groups is 1. The van der Waals surface area contributed by atoms with Gasteiger partial charge in [-0.3, -0.25) is 4.79 Å². The van der Waals surface area contributed by atoms with Crippen molar-refractivity contribution in [3.8, 4) is 11.5 Å². The van der Waals surface area contributed by atoms with Gasteiger partial charge in [-0.15, -0.1) is 0 Å². The summed E-state index contributed by atoms with van der Waals surface area (Å²) in [6.07, 6.45) is 0. The Morgan fingerprint density at radius 3 is 1.56 bits per heavy atom. The maximum absolute atomic E-state index is 13.1. The molecule has 18 heavy (non-hydrogen) atoms. The van der Waals surface area contributed by atoms with Gasteiger partial charge in [0.25, 0.3) is 0 Å². The highest BCUT2D eigenvalue weighted by Crippen LogP contribution is 2.21. The third-order valence-corrected chi connectivity index (χ3v) is 2.42. The van der Waals surface area contributed by atoms with Crippen LogP contribution in [0.1, 0.15) is 15.9 Å². The van der Waals surface area contributed by atoms with Crippen LogP contribution in [0.25, 0.3) is 0 Å². The van der Waals surface area contributed by atoms with Crippen molar-refractivity contribution < 1.29 is 23.8 Å². The van der Waals surface area contributed by atoms with Gasteiger partial charge in [-0.05, 0) is 36.4 Å². The topological polar surface area (TPSA) is 57.5 Å². The van der Waals surface area contributed by atoms with E-state index in [4.69, 9.17) is 10.2 Å². The number of rotatable bonds is 2. The van der Waals surface area contributed by atoms with E-state index < -0.39 is 28.9 Å². The van der Waals surface area contributed by atoms with Gasteiger partial charge in [-0.25, -0.2) is 8.78 Å². The fraction of sp³-hybridized carbons (Fsp3) is 0. The predicted molar refractivity (Wildman–Crippen MR) is 59.6 cm³/mol. The molecule has 92 valence electrons. The van der Waals surface area contributed by atoms with E-state index in [1.807, 2.05) is 0 Å². The summed E-state index contributed by atoms with van der Waals surface area (Å²) in [4.78, 5) is 11.9. The maximum Gasteiger partial charge on any atom is 0.193 e. The van der Waals surface area contributed by atoms with Gasteiger partial charge in [0, 0.05) is 11.1 Å². The van der Waals surface area contributed by atoms with Gasteiger partial charge in [0.05, 0.1) is 0 Å². The summed E-state index contributed by atoms with van der Waals surface area (Å²) in [5.41, 5.74) is -0.0363. The molecule has 5 heteroatoms. The normalized spacial score (nSPS) is 10.3. The monoisotopic (exact) mass is 250 g/mol. The van der Waals surface area contributed by atoms with Crippen LogP contribution in [0.3, 0.4) is 0 Å². The Kier molecular flexibility index (Phi) is 2.97. The summed E-state index contributed by atoms with van der Waals surface area (Å²) in [5, 5.41) is 18.0. The molecular formula is C13H8F2O3. The number of benzene rings is 2. The Bertz CT molecular complexity index is 570. The highest BCUT2D eigenvalue weighted by atomic mass is 19.1. The molecule has 2 aromatic rings. The molecule has 2 rings (SSSR count). The number of phenols is 2. The van der Waals surface area contributed by atoms with E-state index in [-0.39, 0.29) is 11.1 Å². The van der Waals surface area contributed by atoms with E-state index in [0.717, 1.165) is 24.3 Å². The first-order valence-electron chi connectivity index (χ1n) is 5.01.